The first-order valence-corrected chi connectivity index (χ1v) is 5.09. The van der Waals surface area contributed by atoms with Crippen LogP contribution in [0.25, 0.3) is 11.4 Å². The van der Waals surface area contributed by atoms with Crippen molar-refractivity contribution in [2.24, 2.45) is 0 Å². The fourth-order valence-electron chi connectivity index (χ4n) is 1.59. The highest BCUT2D eigenvalue weighted by Crippen LogP contribution is 2.30. The molecule has 4 nitrogen and oxygen atoms in total. The van der Waals surface area contributed by atoms with Crippen LogP contribution in [0.15, 0.2) is 18.2 Å². The third kappa shape index (κ3) is 1.74. The van der Waals surface area contributed by atoms with Gasteiger partial charge in [0, 0.05) is 11.4 Å². The predicted octanol–water partition coefficient (Wildman–Crippen LogP) is 2.28. The molecule has 0 unspecified atom stereocenters. The summed E-state index contributed by atoms with van der Waals surface area (Å²) in [5.74, 6) is 1.56. The van der Waals surface area contributed by atoms with Gasteiger partial charge in [-0.15, -0.1) is 0 Å². The van der Waals surface area contributed by atoms with Crippen LogP contribution in [0.4, 0.5) is 5.69 Å². The number of methoxy groups -OCH3 is 1. The summed E-state index contributed by atoms with van der Waals surface area (Å²) in [6.45, 7) is 3.96. The highest BCUT2D eigenvalue weighted by Gasteiger charge is 2.10. The number of anilines is 1. The first-order chi connectivity index (χ1) is 7.61. The van der Waals surface area contributed by atoms with Crippen molar-refractivity contribution in [2.45, 2.75) is 13.8 Å². The van der Waals surface area contributed by atoms with Crippen molar-refractivity contribution in [1.29, 1.82) is 0 Å². The van der Waals surface area contributed by atoms with Crippen molar-refractivity contribution in [3.8, 4) is 17.1 Å². The molecule has 2 rings (SSSR count). The molecule has 0 fully saturated rings. The van der Waals surface area contributed by atoms with Crippen molar-refractivity contribution >= 4 is 5.69 Å². The van der Waals surface area contributed by atoms with Crippen molar-refractivity contribution in [3.05, 3.63) is 29.6 Å². The van der Waals surface area contributed by atoms with Crippen molar-refractivity contribution < 1.29 is 4.74 Å². The number of ether oxygens (including phenoxy) is 1. The van der Waals surface area contributed by atoms with Crippen LogP contribution in [0.2, 0.25) is 0 Å². The van der Waals surface area contributed by atoms with Crippen LogP contribution in [0.1, 0.15) is 11.4 Å². The Labute approximate surface area is 94.5 Å². The van der Waals surface area contributed by atoms with E-state index < -0.39 is 0 Å². The Hall–Kier alpha value is -1.97. The minimum Gasteiger partial charge on any atom is -0.496 e. The van der Waals surface area contributed by atoms with Crippen LogP contribution < -0.4 is 10.5 Å². The van der Waals surface area contributed by atoms with Crippen LogP contribution in [0.3, 0.4) is 0 Å². The predicted molar refractivity (Wildman–Crippen MR) is 64.5 cm³/mol. The van der Waals surface area contributed by atoms with E-state index in [2.05, 4.69) is 9.97 Å². The van der Waals surface area contributed by atoms with Crippen molar-refractivity contribution in [3.63, 3.8) is 0 Å². The quantitative estimate of drug-likeness (QED) is 0.758. The van der Waals surface area contributed by atoms with Gasteiger partial charge in [0.1, 0.15) is 11.6 Å². The van der Waals surface area contributed by atoms with Gasteiger partial charge in [-0.3, -0.25) is 0 Å². The van der Waals surface area contributed by atoms with E-state index in [9.17, 15) is 0 Å². The topological polar surface area (TPSA) is 63.9 Å². The van der Waals surface area contributed by atoms with E-state index in [1.54, 1.807) is 7.11 Å². The maximum Gasteiger partial charge on any atom is 0.141 e. The molecule has 4 heteroatoms. The van der Waals surface area contributed by atoms with Crippen LogP contribution in [-0.4, -0.2) is 17.1 Å². The average Bonchev–Trinajstić information content (AvgIpc) is 2.59. The maximum atomic E-state index is 5.77. The largest absolute Gasteiger partial charge is 0.496 e. The van der Waals surface area contributed by atoms with Crippen molar-refractivity contribution in [2.75, 3.05) is 12.8 Å². The maximum absolute atomic E-state index is 5.77. The van der Waals surface area contributed by atoms with Gasteiger partial charge in [-0.2, -0.15) is 0 Å². The summed E-state index contributed by atoms with van der Waals surface area (Å²) >= 11 is 0. The number of aryl methyl sites for hydroxylation is 2. The Balaban J connectivity index is 2.57. The molecule has 0 saturated heterocycles. The monoisotopic (exact) mass is 217 g/mol. The lowest BCUT2D eigenvalue weighted by Gasteiger charge is -2.06. The van der Waals surface area contributed by atoms with Gasteiger partial charge in [0.2, 0.25) is 0 Å². The molecule has 1 aromatic heterocycles. The number of hydrogen-bond acceptors (Lipinski definition) is 3. The van der Waals surface area contributed by atoms with Gasteiger partial charge in [-0.25, -0.2) is 4.98 Å². The molecule has 0 aliphatic carbocycles. The summed E-state index contributed by atoms with van der Waals surface area (Å²) in [6, 6.07) is 5.51. The van der Waals surface area contributed by atoms with E-state index in [0.717, 1.165) is 28.5 Å². The summed E-state index contributed by atoms with van der Waals surface area (Å²) in [7, 11) is 1.64. The molecular weight excluding hydrogens is 202 g/mol. The number of nitrogens with two attached hydrogens (primary N) is 1. The molecular formula is C12H15N3O. The number of H-pyrrole nitrogens is 1. The molecule has 0 radical (unpaired) electrons. The summed E-state index contributed by atoms with van der Waals surface area (Å²) in [5.41, 5.74) is 9.39. The Morgan fingerprint density at radius 1 is 1.31 bits per heavy atom. The third-order valence-electron chi connectivity index (χ3n) is 2.61. The Morgan fingerprint density at radius 3 is 2.62 bits per heavy atom. The SMILES string of the molecule is COc1ccc(N)cc1-c1nc(C)c(C)[nH]1. The van der Waals surface area contributed by atoms with Gasteiger partial charge in [0.15, 0.2) is 0 Å². The molecule has 0 saturated carbocycles. The van der Waals surface area contributed by atoms with Gasteiger partial charge in [-0.1, -0.05) is 0 Å². The second-order valence-electron chi connectivity index (χ2n) is 3.76. The molecule has 1 aromatic carbocycles. The minimum atomic E-state index is 0.697. The lowest BCUT2D eigenvalue weighted by molar-refractivity contribution is 0.416. The fourth-order valence-corrected chi connectivity index (χ4v) is 1.59. The van der Waals surface area contributed by atoms with Gasteiger partial charge in [0.05, 0.1) is 18.4 Å². The molecule has 0 aliphatic heterocycles. The molecule has 84 valence electrons. The number of rotatable bonds is 2. The Morgan fingerprint density at radius 2 is 2.06 bits per heavy atom. The van der Waals surface area contributed by atoms with E-state index >= 15 is 0 Å². The van der Waals surface area contributed by atoms with Crippen LogP contribution in [0, 0.1) is 13.8 Å². The number of nitrogens with zero attached hydrogens (tertiary/aromatic N) is 1. The van der Waals surface area contributed by atoms with Gasteiger partial charge in [-0.05, 0) is 32.0 Å². The molecule has 0 aliphatic rings. The van der Waals surface area contributed by atoms with Gasteiger partial charge in [0.25, 0.3) is 0 Å². The van der Waals surface area contributed by atoms with E-state index in [0.29, 0.717) is 5.69 Å². The molecule has 0 spiro atoms. The third-order valence-corrected chi connectivity index (χ3v) is 2.61. The van der Waals surface area contributed by atoms with Crippen molar-refractivity contribution in [1.82, 2.24) is 9.97 Å². The lowest BCUT2D eigenvalue weighted by Crippen LogP contribution is -1.92. The molecule has 0 amide bonds. The second-order valence-corrected chi connectivity index (χ2v) is 3.76. The van der Waals surface area contributed by atoms with Crippen LogP contribution in [-0.2, 0) is 0 Å². The Bertz CT molecular complexity index is 497. The van der Waals surface area contributed by atoms with E-state index in [4.69, 9.17) is 10.5 Å². The van der Waals surface area contributed by atoms with Gasteiger partial charge >= 0.3 is 0 Å². The van der Waals surface area contributed by atoms with E-state index in [-0.39, 0.29) is 0 Å². The first-order valence-electron chi connectivity index (χ1n) is 5.09. The average molecular weight is 217 g/mol. The number of nitrogen functional groups attached to an aromatic ring is 1. The Kier molecular flexibility index (Phi) is 2.56. The molecule has 2 aromatic rings. The smallest absolute Gasteiger partial charge is 0.141 e. The van der Waals surface area contributed by atoms with Crippen LogP contribution >= 0.6 is 0 Å². The van der Waals surface area contributed by atoms with E-state index in [1.807, 2.05) is 32.0 Å². The summed E-state index contributed by atoms with van der Waals surface area (Å²) in [5, 5.41) is 0. The fraction of sp³-hybridized carbons (Fsp3) is 0.250. The first kappa shape index (κ1) is 10.5. The second kappa shape index (κ2) is 3.89. The molecule has 0 atom stereocenters. The molecule has 1 heterocycles. The number of nitrogens with one attached hydrogen (secondary N) is 1. The lowest BCUT2D eigenvalue weighted by atomic mass is 10.1. The molecule has 16 heavy (non-hydrogen) atoms. The number of benzene rings is 1. The zero-order valence-electron chi connectivity index (χ0n) is 9.66. The number of aromatic nitrogens is 2. The highest BCUT2D eigenvalue weighted by atomic mass is 16.5. The minimum absolute atomic E-state index is 0.697. The number of aromatic amines is 1. The van der Waals surface area contributed by atoms with Gasteiger partial charge < -0.3 is 15.5 Å². The molecule has 3 N–H and O–H groups in total. The summed E-state index contributed by atoms with van der Waals surface area (Å²) in [6.07, 6.45) is 0. The van der Waals surface area contributed by atoms with E-state index in [1.165, 1.54) is 0 Å². The standard InChI is InChI=1S/C12H15N3O/c1-7-8(2)15-12(14-7)10-6-9(13)4-5-11(10)16-3/h4-6H,13H2,1-3H3,(H,14,15). The highest BCUT2D eigenvalue weighted by molar-refractivity contribution is 5.69. The molecule has 0 bridgehead atoms. The van der Waals surface area contributed by atoms with Crippen LogP contribution in [0.5, 0.6) is 5.75 Å². The number of imidazole rings is 1. The number of hydrogen-bond donors (Lipinski definition) is 2. The summed E-state index contributed by atoms with van der Waals surface area (Å²) < 4.78 is 5.29. The zero-order valence-corrected chi connectivity index (χ0v) is 9.66. The summed E-state index contributed by atoms with van der Waals surface area (Å²) in [4.78, 5) is 7.65. The normalized spacial score (nSPS) is 10.4. The zero-order chi connectivity index (χ0) is 11.7.